The van der Waals surface area contributed by atoms with E-state index in [0.29, 0.717) is 25.6 Å². The highest BCUT2D eigenvalue weighted by Gasteiger charge is 2.13. The van der Waals surface area contributed by atoms with Crippen molar-refractivity contribution in [1.82, 2.24) is 4.98 Å². The van der Waals surface area contributed by atoms with Crippen LogP contribution in [-0.2, 0) is 20.8 Å². The van der Waals surface area contributed by atoms with Gasteiger partial charge in [0.1, 0.15) is 5.82 Å². The van der Waals surface area contributed by atoms with Gasteiger partial charge in [0.05, 0.1) is 19.8 Å². The molecule has 1 aromatic heterocycles. The lowest BCUT2D eigenvalue weighted by Crippen LogP contribution is -2.23. The van der Waals surface area contributed by atoms with Gasteiger partial charge < -0.3 is 19.9 Å². The van der Waals surface area contributed by atoms with Gasteiger partial charge in [-0.2, -0.15) is 0 Å². The zero-order chi connectivity index (χ0) is 12.6. The van der Waals surface area contributed by atoms with Crippen molar-refractivity contribution in [3.63, 3.8) is 0 Å². The second-order valence-electron chi connectivity index (χ2n) is 4.31. The first-order valence-electron chi connectivity index (χ1n) is 6.36. The van der Waals surface area contributed by atoms with Crippen LogP contribution in [0.5, 0.6) is 0 Å². The number of nitrogen functional groups attached to an aromatic ring is 1. The van der Waals surface area contributed by atoms with E-state index in [9.17, 15) is 0 Å². The number of rotatable bonds is 6. The first kappa shape index (κ1) is 13.3. The van der Waals surface area contributed by atoms with Gasteiger partial charge in [0, 0.05) is 12.8 Å². The van der Waals surface area contributed by atoms with Gasteiger partial charge in [0.2, 0.25) is 0 Å². The molecule has 0 bridgehead atoms. The Morgan fingerprint density at radius 3 is 3.11 bits per heavy atom. The molecule has 1 unspecified atom stereocenters. The zero-order valence-electron chi connectivity index (χ0n) is 10.5. The van der Waals surface area contributed by atoms with Crippen LogP contribution in [0.25, 0.3) is 0 Å². The average Bonchev–Trinajstić information content (AvgIpc) is 2.40. The fraction of sp³-hybridized carbons (Fsp3) is 0.615. The summed E-state index contributed by atoms with van der Waals surface area (Å²) in [6, 6.07) is 3.70. The van der Waals surface area contributed by atoms with Crippen LogP contribution in [-0.4, -0.2) is 31.1 Å². The number of nitrogens with two attached hydrogens (primary N) is 1. The van der Waals surface area contributed by atoms with E-state index in [1.54, 1.807) is 6.20 Å². The molecular formula is C13H20N2O3. The Morgan fingerprint density at radius 2 is 2.33 bits per heavy atom. The molecule has 2 rings (SSSR count). The number of hydrogen-bond acceptors (Lipinski definition) is 5. The molecule has 0 saturated carbocycles. The van der Waals surface area contributed by atoms with Crippen LogP contribution in [0.4, 0.5) is 5.82 Å². The molecule has 2 heterocycles. The van der Waals surface area contributed by atoms with E-state index in [4.69, 9.17) is 19.9 Å². The smallest absolute Gasteiger partial charge is 0.157 e. The Kier molecular flexibility index (Phi) is 5.38. The highest BCUT2D eigenvalue weighted by atomic mass is 16.7. The minimum atomic E-state index is -0.0427. The fourth-order valence-corrected chi connectivity index (χ4v) is 1.86. The molecule has 0 aromatic carbocycles. The van der Waals surface area contributed by atoms with Crippen molar-refractivity contribution in [1.29, 1.82) is 0 Å². The predicted octanol–water partition coefficient (Wildman–Crippen LogP) is 1.72. The number of anilines is 1. The number of ether oxygens (including phenoxy) is 3. The van der Waals surface area contributed by atoms with E-state index in [0.717, 1.165) is 25.0 Å². The topological polar surface area (TPSA) is 66.6 Å². The van der Waals surface area contributed by atoms with E-state index in [1.165, 1.54) is 6.42 Å². The van der Waals surface area contributed by atoms with Gasteiger partial charge in [0.25, 0.3) is 0 Å². The quantitative estimate of drug-likeness (QED) is 0.781. The normalized spacial score (nSPS) is 19.9. The first-order chi connectivity index (χ1) is 8.84. The van der Waals surface area contributed by atoms with Crippen molar-refractivity contribution in [3.05, 3.63) is 23.9 Å². The molecule has 2 N–H and O–H groups in total. The highest BCUT2D eigenvalue weighted by molar-refractivity contribution is 5.31. The molecule has 1 fully saturated rings. The maximum atomic E-state index is 5.58. The Morgan fingerprint density at radius 1 is 1.39 bits per heavy atom. The molecule has 1 atom stereocenters. The van der Waals surface area contributed by atoms with E-state index in [1.807, 2.05) is 12.1 Å². The van der Waals surface area contributed by atoms with Gasteiger partial charge in [-0.3, -0.25) is 0 Å². The SMILES string of the molecule is Nc1cc(COCCOC2CCCCO2)ccn1. The lowest BCUT2D eigenvalue weighted by Gasteiger charge is -2.22. The highest BCUT2D eigenvalue weighted by Crippen LogP contribution is 2.13. The van der Waals surface area contributed by atoms with Crippen molar-refractivity contribution in [2.75, 3.05) is 25.6 Å². The summed E-state index contributed by atoms with van der Waals surface area (Å²) in [6.07, 6.45) is 4.95. The van der Waals surface area contributed by atoms with Crippen LogP contribution in [0.15, 0.2) is 18.3 Å². The second-order valence-corrected chi connectivity index (χ2v) is 4.31. The van der Waals surface area contributed by atoms with Gasteiger partial charge in [-0.05, 0) is 37.0 Å². The third-order valence-corrected chi connectivity index (χ3v) is 2.78. The Hall–Kier alpha value is -1.17. The summed E-state index contributed by atoms with van der Waals surface area (Å²) in [4.78, 5) is 3.93. The van der Waals surface area contributed by atoms with Crippen molar-refractivity contribution in [2.24, 2.45) is 0 Å². The van der Waals surface area contributed by atoms with Crippen LogP contribution >= 0.6 is 0 Å². The van der Waals surface area contributed by atoms with E-state index in [2.05, 4.69) is 4.98 Å². The molecule has 0 amide bonds. The van der Waals surface area contributed by atoms with Gasteiger partial charge in [0.15, 0.2) is 6.29 Å². The minimum Gasteiger partial charge on any atom is -0.384 e. The summed E-state index contributed by atoms with van der Waals surface area (Å²) in [6.45, 7) is 2.46. The molecule has 100 valence electrons. The van der Waals surface area contributed by atoms with E-state index in [-0.39, 0.29) is 6.29 Å². The summed E-state index contributed by atoms with van der Waals surface area (Å²) in [5, 5.41) is 0. The van der Waals surface area contributed by atoms with E-state index < -0.39 is 0 Å². The molecule has 1 aliphatic rings. The van der Waals surface area contributed by atoms with Gasteiger partial charge >= 0.3 is 0 Å². The average molecular weight is 252 g/mol. The summed E-state index contributed by atoms with van der Waals surface area (Å²) >= 11 is 0. The molecule has 18 heavy (non-hydrogen) atoms. The van der Waals surface area contributed by atoms with E-state index >= 15 is 0 Å². The summed E-state index contributed by atoms with van der Waals surface area (Å²) in [7, 11) is 0. The molecular weight excluding hydrogens is 232 g/mol. The predicted molar refractivity (Wildman–Crippen MR) is 67.8 cm³/mol. The molecule has 5 heteroatoms. The van der Waals surface area contributed by atoms with Crippen LogP contribution in [0.3, 0.4) is 0 Å². The van der Waals surface area contributed by atoms with Gasteiger partial charge in [-0.25, -0.2) is 4.98 Å². The Balaban J connectivity index is 1.55. The molecule has 5 nitrogen and oxygen atoms in total. The maximum Gasteiger partial charge on any atom is 0.157 e. The molecule has 0 spiro atoms. The minimum absolute atomic E-state index is 0.0427. The van der Waals surface area contributed by atoms with Crippen LogP contribution in [0, 0.1) is 0 Å². The maximum absolute atomic E-state index is 5.58. The molecule has 1 aromatic rings. The Bertz CT molecular complexity index is 354. The third kappa shape index (κ3) is 4.60. The summed E-state index contributed by atoms with van der Waals surface area (Å²) in [5.74, 6) is 0.517. The third-order valence-electron chi connectivity index (χ3n) is 2.78. The summed E-state index contributed by atoms with van der Waals surface area (Å²) < 4.78 is 16.5. The van der Waals surface area contributed by atoms with Crippen molar-refractivity contribution in [3.8, 4) is 0 Å². The van der Waals surface area contributed by atoms with Crippen molar-refractivity contribution in [2.45, 2.75) is 32.2 Å². The lowest BCUT2D eigenvalue weighted by molar-refractivity contribution is -0.169. The van der Waals surface area contributed by atoms with Crippen molar-refractivity contribution >= 4 is 5.82 Å². The number of aromatic nitrogens is 1. The number of hydrogen-bond donors (Lipinski definition) is 1. The molecule has 1 saturated heterocycles. The number of nitrogens with zero attached hydrogens (tertiary/aromatic N) is 1. The van der Waals surface area contributed by atoms with Crippen molar-refractivity contribution < 1.29 is 14.2 Å². The van der Waals surface area contributed by atoms with Crippen LogP contribution in [0.2, 0.25) is 0 Å². The first-order valence-corrected chi connectivity index (χ1v) is 6.36. The summed E-state index contributed by atoms with van der Waals surface area (Å²) in [5.41, 5.74) is 6.60. The molecule has 0 aliphatic carbocycles. The Labute approximate surface area is 107 Å². The largest absolute Gasteiger partial charge is 0.384 e. The monoisotopic (exact) mass is 252 g/mol. The lowest BCUT2D eigenvalue weighted by atomic mass is 10.2. The van der Waals surface area contributed by atoms with Gasteiger partial charge in [-0.1, -0.05) is 0 Å². The fourth-order valence-electron chi connectivity index (χ4n) is 1.86. The molecule has 0 radical (unpaired) electrons. The molecule has 1 aliphatic heterocycles. The number of pyridine rings is 1. The van der Waals surface area contributed by atoms with Gasteiger partial charge in [-0.15, -0.1) is 0 Å². The van der Waals surface area contributed by atoms with Crippen LogP contribution in [0.1, 0.15) is 24.8 Å². The second kappa shape index (κ2) is 7.31. The standard InChI is InChI=1S/C13H20N2O3/c14-12-9-11(4-5-15-12)10-16-7-8-18-13-3-1-2-6-17-13/h4-5,9,13H,1-3,6-8,10H2,(H2,14,15). The van der Waals surface area contributed by atoms with Crippen LogP contribution < -0.4 is 5.73 Å². The zero-order valence-corrected chi connectivity index (χ0v) is 10.5.